The lowest BCUT2D eigenvalue weighted by molar-refractivity contribution is -0.146. The molecule has 0 heterocycles. The van der Waals surface area contributed by atoms with Crippen LogP contribution in [0, 0.1) is 5.92 Å². The van der Waals surface area contributed by atoms with E-state index in [0.717, 1.165) is 0 Å². The predicted octanol–water partition coefficient (Wildman–Crippen LogP) is 1.56. The van der Waals surface area contributed by atoms with Gasteiger partial charge in [-0.05, 0) is 0 Å². The Kier molecular flexibility index (Phi) is 7.64. The quantitative estimate of drug-likeness (QED) is 0.508. The van der Waals surface area contributed by atoms with E-state index in [1.165, 1.54) is 7.11 Å². The highest BCUT2D eigenvalue weighted by molar-refractivity contribution is 7.26. The van der Waals surface area contributed by atoms with E-state index < -0.39 is 27.0 Å². The van der Waals surface area contributed by atoms with Crippen LogP contribution in [0.5, 0.6) is 0 Å². The van der Waals surface area contributed by atoms with Crippen LogP contribution in [0.15, 0.2) is 0 Å². The molecule has 16 heavy (non-hydrogen) atoms. The molecule has 0 saturated carbocycles. The van der Waals surface area contributed by atoms with Gasteiger partial charge >= 0.3 is 11.9 Å². The summed E-state index contributed by atoms with van der Waals surface area (Å²) in [5.41, 5.74) is 0. The monoisotopic (exact) mass is 252 g/mol. The van der Waals surface area contributed by atoms with Gasteiger partial charge in [-0.25, -0.2) is 0 Å². The van der Waals surface area contributed by atoms with E-state index in [4.69, 9.17) is 0 Å². The van der Waals surface area contributed by atoms with E-state index >= 15 is 0 Å². The summed E-state index contributed by atoms with van der Waals surface area (Å²) in [6, 6.07) is 0. The first-order valence-electron chi connectivity index (χ1n) is 4.66. The van der Waals surface area contributed by atoms with Gasteiger partial charge in [0.1, 0.15) is 5.78 Å². The number of hydrogen-bond acceptors (Lipinski definition) is 5. The van der Waals surface area contributed by atoms with Crippen molar-refractivity contribution in [2.75, 3.05) is 7.11 Å². The number of carbonyl (C=O) groups is 3. The van der Waals surface area contributed by atoms with Crippen molar-refractivity contribution in [1.82, 2.24) is 0 Å². The summed E-state index contributed by atoms with van der Waals surface area (Å²) in [4.78, 5) is 33.0. The fourth-order valence-electron chi connectivity index (χ4n) is 1.06. The van der Waals surface area contributed by atoms with Gasteiger partial charge in [0.05, 0.1) is 19.4 Å². The van der Waals surface area contributed by atoms with Crippen LogP contribution in [0.2, 0.25) is 0 Å². The van der Waals surface area contributed by atoms with Gasteiger partial charge in [-0.15, -0.1) is 0 Å². The van der Waals surface area contributed by atoms with Crippen molar-refractivity contribution in [3.63, 3.8) is 0 Å². The van der Waals surface area contributed by atoms with E-state index in [0.29, 0.717) is 0 Å². The third-order valence-electron chi connectivity index (χ3n) is 1.90. The number of carbonyl (C=O) groups excluding carboxylic acids is 3. The zero-order valence-electron chi connectivity index (χ0n) is 9.12. The Labute approximate surface area is 94.7 Å². The van der Waals surface area contributed by atoms with Crippen molar-refractivity contribution in [2.24, 2.45) is 5.92 Å². The van der Waals surface area contributed by atoms with E-state index in [1.807, 2.05) is 0 Å². The molecular formula is C9H14FO5P. The number of halogens is 1. The number of methoxy groups -OCH3 is 1. The average molecular weight is 252 g/mol. The first kappa shape index (κ1) is 15.0. The summed E-state index contributed by atoms with van der Waals surface area (Å²) >= 11 is 0. The SMILES string of the molecule is COC(=O)C(C)CC(=O)CCC(=O)OPF. The van der Waals surface area contributed by atoms with Crippen molar-refractivity contribution in [3.8, 4) is 0 Å². The van der Waals surface area contributed by atoms with Gasteiger partial charge in [0.15, 0.2) is 0 Å². The highest BCUT2D eigenvalue weighted by Gasteiger charge is 2.18. The summed E-state index contributed by atoms with van der Waals surface area (Å²) in [6.07, 6.45) is -0.202. The minimum Gasteiger partial charge on any atom is -0.469 e. The van der Waals surface area contributed by atoms with Crippen molar-refractivity contribution >= 4 is 26.8 Å². The lowest BCUT2D eigenvalue weighted by atomic mass is 10.0. The van der Waals surface area contributed by atoms with Gasteiger partial charge < -0.3 is 9.26 Å². The first-order valence-corrected chi connectivity index (χ1v) is 5.44. The van der Waals surface area contributed by atoms with Gasteiger partial charge in [-0.3, -0.25) is 14.4 Å². The standard InChI is InChI=1S/C9H14FO5P/c1-6(9(13)14-2)5-7(11)3-4-8(12)15-16-10/h6,16H,3-5H2,1-2H3. The fourth-order valence-corrected chi connectivity index (χ4v) is 1.25. The summed E-state index contributed by atoms with van der Waals surface area (Å²) in [5.74, 6) is -2.00. The molecular weight excluding hydrogens is 238 g/mol. The highest BCUT2D eigenvalue weighted by atomic mass is 31.1. The van der Waals surface area contributed by atoms with Gasteiger partial charge in [0.25, 0.3) is 9.12 Å². The van der Waals surface area contributed by atoms with Crippen LogP contribution in [0.3, 0.4) is 0 Å². The molecule has 2 atom stereocenters. The van der Waals surface area contributed by atoms with Crippen LogP contribution in [-0.4, -0.2) is 24.8 Å². The minimum atomic E-state index is -1.40. The lowest BCUT2D eigenvalue weighted by Crippen LogP contribution is -2.17. The number of Topliss-reactive ketones (excluding diaryl/α,β-unsaturated/α-hetero) is 1. The molecule has 0 aliphatic carbocycles. The molecule has 0 radical (unpaired) electrons. The number of hydrogen-bond donors (Lipinski definition) is 0. The van der Waals surface area contributed by atoms with E-state index in [9.17, 15) is 18.6 Å². The van der Waals surface area contributed by atoms with Crippen LogP contribution in [0.25, 0.3) is 0 Å². The van der Waals surface area contributed by atoms with E-state index in [1.54, 1.807) is 6.92 Å². The molecule has 0 aliphatic heterocycles. The maximum atomic E-state index is 11.6. The minimum absolute atomic E-state index is 0.0118. The average Bonchev–Trinajstić information content (AvgIpc) is 2.25. The Morgan fingerprint density at radius 3 is 2.44 bits per heavy atom. The van der Waals surface area contributed by atoms with Crippen LogP contribution in [0.4, 0.5) is 4.20 Å². The van der Waals surface area contributed by atoms with Gasteiger partial charge in [0, 0.05) is 12.8 Å². The zero-order chi connectivity index (χ0) is 12.6. The normalized spacial score (nSPS) is 12.4. The molecule has 0 bridgehead atoms. The van der Waals surface area contributed by atoms with Crippen LogP contribution in [0.1, 0.15) is 26.2 Å². The smallest absolute Gasteiger partial charge is 0.310 e. The number of rotatable bonds is 7. The largest absolute Gasteiger partial charge is 0.469 e. The molecule has 0 aromatic heterocycles. The maximum Gasteiger partial charge on any atom is 0.310 e. The Morgan fingerprint density at radius 1 is 1.31 bits per heavy atom. The molecule has 0 saturated heterocycles. The molecule has 0 rings (SSSR count). The van der Waals surface area contributed by atoms with E-state index in [2.05, 4.69) is 9.26 Å². The van der Waals surface area contributed by atoms with Gasteiger partial charge in [-0.2, -0.15) is 4.20 Å². The van der Waals surface area contributed by atoms with Crippen molar-refractivity contribution in [1.29, 1.82) is 0 Å². The fraction of sp³-hybridized carbons (Fsp3) is 0.667. The molecule has 0 aromatic rings. The number of ether oxygens (including phenoxy) is 1. The predicted molar refractivity (Wildman–Crippen MR) is 55.6 cm³/mol. The summed E-state index contributed by atoms with van der Waals surface area (Å²) < 4.78 is 20.1. The molecule has 0 aliphatic rings. The van der Waals surface area contributed by atoms with E-state index in [-0.39, 0.29) is 25.0 Å². The topological polar surface area (TPSA) is 69.7 Å². The molecule has 92 valence electrons. The Morgan fingerprint density at radius 2 is 1.94 bits per heavy atom. The Hall–Kier alpha value is -1.03. The third kappa shape index (κ3) is 6.45. The molecule has 0 fully saturated rings. The van der Waals surface area contributed by atoms with Crippen molar-refractivity contribution < 1.29 is 27.8 Å². The molecule has 0 amide bonds. The summed E-state index contributed by atoms with van der Waals surface area (Å²) in [6.45, 7) is 1.56. The highest BCUT2D eigenvalue weighted by Crippen LogP contribution is 2.14. The molecule has 0 aromatic carbocycles. The number of esters is 1. The summed E-state index contributed by atoms with van der Waals surface area (Å²) in [5, 5.41) is 0. The Balaban J connectivity index is 3.82. The van der Waals surface area contributed by atoms with Gasteiger partial charge in [0.2, 0.25) is 0 Å². The third-order valence-corrected chi connectivity index (χ3v) is 2.20. The second kappa shape index (κ2) is 8.16. The van der Waals surface area contributed by atoms with Crippen LogP contribution in [-0.2, 0) is 23.6 Å². The molecule has 0 N–H and O–H groups in total. The number of ketones is 1. The Bertz CT molecular complexity index is 269. The molecule has 2 unspecified atom stereocenters. The lowest BCUT2D eigenvalue weighted by Gasteiger charge is -2.07. The zero-order valence-corrected chi connectivity index (χ0v) is 10.1. The van der Waals surface area contributed by atoms with Crippen LogP contribution < -0.4 is 0 Å². The van der Waals surface area contributed by atoms with Crippen molar-refractivity contribution in [3.05, 3.63) is 0 Å². The van der Waals surface area contributed by atoms with Crippen molar-refractivity contribution in [2.45, 2.75) is 26.2 Å². The molecule has 5 nitrogen and oxygen atoms in total. The van der Waals surface area contributed by atoms with Crippen LogP contribution >= 0.6 is 9.12 Å². The van der Waals surface area contributed by atoms with Gasteiger partial charge in [-0.1, -0.05) is 6.92 Å². The maximum absolute atomic E-state index is 11.6. The molecule has 0 spiro atoms. The second-order valence-electron chi connectivity index (χ2n) is 3.22. The second-order valence-corrected chi connectivity index (χ2v) is 3.58. The first-order chi connectivity index (χ1) is 7.51. The molecule has 7 heteroatoms. The summed E-state index contributed by atoms with van der Waals surface area (Å²) in [7, 11) is -0.163.